The molecule has 0 aliphatic carbocycles. The highest BCUT2D eigenvalue weighted by atomic mass is 19.4. The summed E-state index contributed by atoms with van der Waals surface area (Å²) < 4.78 is 55.1. The van der Waals surface area contributed by atoms with Crippen LogP contribution in [0.25, 0.3) is 0 Å². The van der Waals surface area contributed by atoms with Gasteiger partial charge in [0.05, 0.1) is 26.1 Å². The van der Waals surface area contributed by atoms with Crippen molar-refractivity contribution in [3.63, 3.8) is 0 Å². The molecule has 0 fully saturated rings. The van der Waals surface area contributed by atoms with Crippen molar-refractivity contribution in [3.8, 4) is 5.75 Å². The Kier molecular flexibility index (Phi) is 7.12. The lowest BCUT2D eigenvalue weighted by molar-refractivity contribution is -0.132. The van der Waals surface area contributed by atoms with Gasteiger partial charge in [0, 0.05) is 6.54 Å². The molecule has 130 valence electrons. The Morgan fingerprint density at radius 3 is 2.57 bits per heavy atom. The molecule has 0 heterocycles. The van der Waals surface area contributed by atoms with E-state index >= 15 is 0 Å². The van der Waals surface area contributed by atoms with E-state index in [1.807, 2.05) is 0 Å². The Hall–Kier alpha value is -1.99. The number of methoxy groups -OCH3 is 1. The second-order valence-corrected chi connectivity index (χ2v) is 4.89. The summed E-state index contributed by atoms with van der Waals surface area (Å²) in [5, 5.41) is 5.81. The minimum absolute atomic E-state index is 0.131. The highest BCUT2D eigenvalue weighted by molar-refractivity contribution is 5.80. The summed E-state index contributed by atoms with van der Waals surface area (Å²) in [7, 11) is 1.37. The predicted octanol–water partition coefficient (Wildman–Crippen LogP) is 3.40. The van der Waals surface area contributed by atoms with Gasteiger partial charge in [-0.2, -0.15) is 13.2 Å². The van der Waals surface area contributed by atoms with Gasteiger partial charge in [-0.3, -0.25) is 4.99 Å². The van der Waals surface area contributed by atoms with Crippen LogP contribution in [-0.4, -0.2) is 32.3 Å². The van der Waals surface area contributed by atoms with Crippen LogP contribution < -0.4 is 15.4 Å². The predicted molar refractivity (Wildman–Crippen MR) is 81.2 cm³/mol. The quantitative estimate of drug-likeness (QED) is 0.476. The first-order chi connectivity index (χ1) is 10.8. The largest absolute Gasteiger partial charge is 0.494 e. The molecule has 0 spiro atoms. The number of hydrogen-bond donors (Lipinski definition) is 2. The highest BCUT2D eigenvalue weighted by Crippen LogP contribution is 2.22. The van der Waals surface area contributed by atoms with Crippen molar-refractivity contribution in [2.24, 2.45) is 4.99 Å². The van der Waals surface area contributed by atoms with Crippen molar-refractivity contribution >= 4 is 5.96 Å². The normalized spacial score (nSPS) is 13.6. The third-order valence-electron chi connectivity index (χ3n) is 3.04. The molecule has 1 unspecified atom stereocenters. The first kappa shape index (κ1) is 19.1. The average Bonchev–Trinajstić information content (AvgIpc) is 2.45. The molecule has 1 aromatic rings. The number of guanidine groups is 1. The number of benzene rings is 1. The second kappa shape index (κ2) is 8.59. The lowest BCUT2D eigenvalue weighted by Crippen LogP contribution is -2.39. The van der Waals surface area contributed by atoms with Crippen molar-refractivity contribution in [3.05, 3.63) is 29.6 Å². The maximum absolute atomic E-state index is 13.7. The van der Waals surface area contributed by atoms with Gasteiger partial charge in [0.25, 0.3) is 0 Å². The van der Waals surface area contributed by atoms with Crippen LogP contribution in [0.1, 0.15) is 31.9 Å². The van der Waals surface area contributed by atoms with E-state index in [0.717, 1.165) is 0 Å². The summed E-state index contributed by atoms with van der Waals surface area (Å²) in [6, 6.07) is 4.16. The number of aliphatic imine (C=N–C) groups is 1. The van der Waals surface area contributed by atoms with Gasteiger partial charge in [-0.15, -0.1) is 0 Å². The number of ether oxygens (including phenoxy) is 1. The van der Waals surface area contributed by atoms with Crippen molar-refractivity contribution in [2.75, 3.05) is 20.2 Å². The van der Waals surface area contributed by atoms with Crippen LogP contribution in [-0.2, 0) is 0 Å². The van der Waals surface area contributed by atoms with Crippen LogP contribution >= 0.6 is 0 Å². The molecule has 1 atom stereocenters. The molecule has 0 saturated carbocycles. The van der Waals surface area contributed by atoms with Crippen LogP contribution in [0.4, 0.5) is 17.6 Å². The molecule has 8 heteroatoms. The maximum Gasteiger partial charge on any atom is 0.390 e. The Morgan fingerprint density at radius 1 is 1.35 bits per heavy atom. The molecule has 1 aromatic carbocycles. The fourth-order valence-electron chi connectivity index (χ4n) is 1.85. The zero-order valence-corrected chi connectivity index (χ0v) is 13.3. The van der Waals surface area contributed by atoms with Gasteiger partial charge >= 0.3 is 6.18 Å². The van der Waals surface area contributed by atoms with Crippen molar-refractivity contribution < 1.29 is 22.3 Å². The minimum Gasteiger partial charge on any atom is -0.494 e. The molecule has 2 N–H and O–H groups in total. The zero-order chi connectivity index (χ0) is 17.5. The number of halogens is 4. The molecule has 23 heavy (non-hydrogen) atoms. The molecule has 4 nitrogen and oxygen atoms in total. The standard InChI is InChI=1S/C15H21F4N3O/c1-4-20-14(21-8-7-15(17,18)19)22-10(2)11-5-6-13(23-3)12(16)9-11/h5-6,9-10H,4,7-8H2,1-3H3,(H2,20,21,22). The molecule has 0 bridgehead atoms. The lowest BCUT2D eigenvalue weighted by atomic mass is 10.1. The van der Waals surface area contributed by atoms with Gasteiger partial charge in [0.15, 0.2) is 17.5 Å². The fourth-order valence-corrected chi connectivity index (χ4v) is 1.85. The van der Waals surface area contributed by atoms with E-state index < -0.39 is 18.4 Å². The summed E-state index contributed by atoms with van der Waals surface area (Å²) in [6.45, 7) is 3.70. The first-order valence-electron chi connectivity index (χ1n) is 7.22. The van der Waals surface area contributed by atoms with Gasteiger partial charge in [-0.1, -0.05) is 6.07 Å². The van der Waals surface area contributed by atoms with E-state index in [-0.39, 0.29) is 24.3 Å². The average molecular weight is 335 g/mol. The topological polar surface area (TPSA) is 45.7 Å². The summed E-state index contributed by atoms with van der Waals surface area (Å²) in [5.41, 5.74) is 0.629. The molecule has 0 amide bonds. The molecule has 0 aliphatic heterocycles. The van der Waals surface area contributed by atoms with Crippen LogP contribution in [0.15, 0.2) is 23.2 Å². The fraction of sp³-hybridized carbons (Fsp3) is 0.533. The van der Waals surface area contributed by atoms with E-state index in [0.29, 0.717) is 12.1 Å². The molecular formula is C15H21F4N3O. The smallest absolute Gasteiger partial charge is 0.390 e. The van der Waals surface area contributed by atoms with Gasteiger partial charge in [-0.05, 0) is 31.5 Å². The maximum atomic E-state index is 13.7. The van der Waals surface area contributed by atoms with E-state index in [1.54, 1.807) is 19.9 Å². The molecule has 0 saturated heterocycles. The van der Waals surface area contributed by atoms with Crippen molar-refractivity contribution in [2.45, 2.75) is 32.5 Å². The van der Waals surface area contributed by atoms with Crippen LogP contribution in [0.5, 0.6) is 5.75 Å². The van der Waals surface area contributed by atoms with Gasteiger partial charge in [0.1, 0.15) is 0 Å². The van der Waals surface area contributed by atoms with Crippen LogP contribution in [0.3, 0.4) is 0 Å². The van der Waals surface area contributed by atoms with Crippen LogP contribution in [0.2, 0.25) is 0 Å². The molecule has 0 aliphatic rings. The first-order valence-corrected chi connectivity index (χ1v) is 7.22. The number of nitrogens with one attached hydrogen (secondary N) is 2. The number of alkyl halides is 3. The van der Waals surface area contributed by atoms with Crippen LogP contribution in [0, 0.1) is 5.82 Å². The Labute approximate surface area is 132 Å². The minimum atomic E-state index is -4.24. The molecule has 0 aromatic heterocycles. The van der Waals surface area contributed by atoms with E-state index in [9.17, 15) is 17.6 Å². The summed E-state index contributed by atoms with van der Waals surface area (Å²) in [6.07, 6.45) is -5.24. The SMILES string of the molecule is CCNC(=NCCC(F)(F)F)NC(C)c1ccc(OC)c(F)c1. The third-order valence-corrected chi connectivity index (χ3v) is 3.04. The zero-order valence-electron chi connectivity index (χ0n) is 13.3. The van der Waals surface area contributed by atoms with Crippen molar-refractivity contribution in [1.82, 2.24) is 10.6 Å². The Balaban J connectivity index is 2.75. The van der Waals surface area contributed by atoms with Gasteiger partial charge < -0.3 is 15.4 Å². The molecule has 1 rings (SSSR count). The second-order valence-electron chi connectivity index (χ2n) is 4.89. The number of hydrogen-bond acceptors (Lipinski definition) is 2. The van der Waals surface area contributed by atoms with E-state index in [2.05, 4.69) is 15.6 Å². The number of nitrogens with zero attached hydrogens (tertiary/aromatic N) is 1. The third kappa shape index (κ3) is 6.75. The Bertz CT molecular complexity index is 532. The summed E-state index contributed by atoms with van der Waals surface area (Å²) in [5.74, 6) is -0.121. The monoisotopic (exact) mass is 335 g/mol. The Morgan fingerprint density at radius 2 is 2.04 bits per heavy atom. The van der Waals surface area contributed by atoms with E-state index in [1.165, 1.54) is 19.2 Å². The molecular weight excluding hydrogens is 314 g/mol. The van der Waals surface area contributed by atoms with E-state index in [4.69, 9.17) is 4.74 Å². The van der Waals surface area contributed by atoms with Crippen molar-refractivity contribution in [1.29, 1.82) is 0 Å². The van der Waals surface area contributed by atoms with Gasteiger partial charge in [-0.25, -0.2) is 4.39 Å². The highest BCUT2D eigenvalue weighted by Gasteiger charge is 2.26. The number of rotatable bonds is 6. The summed E-state index contributed by atoms with van der Waals surface area (Å²) in [4.78, 5) is 3.88. The van der Waals surface area contributed by atoms with Gasteiger partial charge in [0.2, 0.25) is 0 Å². The molecule has 0 radical (unpaired) electrons. The summed E-state index contributed by atoms with van der Waals surface area (Å²) >= 11 is 0. The lowest BCUT2D eigenvalue weighted by Gasteiger charge is -2.19.